The summed E-state index contributed by atoms with van der Waals surface area (Å²) in [4.78, 5) is 25.0. The summed E-state index contributed by atoms with van der Waals surface area (Å²) in [7, 11) is -3.98. The highest BCUT2D eigenvalue weighted by atomic mass is 32.2. The number of Topliss-reactive ketones (excluding diaryl/α,β-unsaturated/α-hetero) is 1. The third-order valence-corrected chi connectivity index (χ3v) is 7.03. The van der Waals surface area contributed by atoms with Gasteiger partial charge in [0.25, 0.3) is 10.1 Å². The Morgan fingerprint density at radius 3 is 2.72 bits per heavy atom. The topological polar surface area (TPSA) is 96.0 Å². The molecule has 7 nitrogen and oxygen atoms in total. The van der Waals surface area contributed by atoms with Crippen LogP contribution in [0.4, 0.5) is 0 Å². The van der Waals surface area contributed by atoms with Crippen molar-refractivity contribution in [1.82, 2.24) is 0 Å². The summed E-state index contributed by atoms with van der Waals surface area (Å²) in [6, 6.07) is 8.86. The van der Waals surface area contributed by atoms with E-state index in [1.54, 1.807) is 31.2 Å². The van der Waals surface area contributed by atoms with Crippen LogP contribution in [0.25, 0.3) is 0 Å². The fourth-order valence-electron chi connectivity index (χ4n) is 4.19. The fourth-order valence-corrected chi connectivity index (χ4v) is 6.09. The SMILES string of the molecule is CCOC(=O)[C@@]12C[C@H]3[C@@](CCC1=O)(O2)[C@H](c1ccccc1)OS3(=O)=O. The maximum absolute atomic E-state index is 12.6. The Hall–Kier alpha value is -1.77. The number of benzene rings is 1. The standard InChI is InChI=1S/C17H18O7S/c1-2-22-15(19)17-10-13-16(24-17,9-8-12(17)18)14(23-25(13,20)21)11-6-4-3-5-7-11/h3-7,13-14H,2,8-10H2,1H3/t13-,14-,16+,17+/m0/s1. The molecule has 0 amide bonds. The summed E-state index contributed by atoms with van der Waals surface area (Å²) in [6.45, 7) is 1.71. The molecule has 3 heterocycles. The van der Waals surface area contributed by atoms with Crippen LogP contribution in [-0.4, -0.2) is 43.2 Å². The van der Waals surface area contributed by atoms with E-state index < -0.39 is 44.4 Å². The van der Waals surface area contributed by atoms with Crippen LogP contribution in [0.15, 0.2) is 30.3 Å². The van der Waals surface area contributed by atoms with Gasteiger partial charge >= 0.3 is 5.97 Å². The molecule has 0 radical (unpaired) electrons. The Morgan fingerprint density at radius 1 is 1.32 bits per heavy atom. The van der Waals surface area contributed by atoms with Crippen molar-refractivity contribution in [2.75, 3.05) is 6.61 Å². The van der Waals surface area contributed by atoms with Crippen LogP contribution >= 0.6 is 0 Å². The van der Waals surface area contributed by atoms with Crippen LogP contribution in [0.3, 0.4) is 0 Å². The first-order valence-corrected chi connectivity index (χ1v) is 9.70. The summed E-state index contributed by atoms with van der Waals surface area (Å²) >= 11 is 0. The van der Waals surface area contributed by atoms with Gasteiger partial charge in [0.05, 0.1) is 6.61 Å². The minimum absolute atomic E-state index is 0.0531. The van der Waals surface area contributed by atoms with Crippen molar-refractivity contribution in [2.45, 2.75) is 48.7 Å². The minimum Gasteiger partial charge on any atom is -0.464 e. The van der Waals surface area contributed by atoms with Gasteiger partial charge in [-0.05, 0) is 18.9 Å². The van der Waals surface area contributed by atoms with Gasteiger partial charge in [0, 0.05) is 12.8 Å². The molecule has 8 heteroatoms. The molecule has 3 aliphatic heterocycles. The maximum Gasteiger partial charge on any atom is 0.346 e. The molecule has 1 aromatic rings. The quantitative estimate of drug-likeness (QED) is 0.452. The second kappa shape index (κ2) is 5.36. The predicted molar refractivity (Wildman–Crippen MR) is 85.0 cm³/mol. The lowest BCUT2D eigenvalue weighted by Crippen LogP contribution is -2.54. The molecule has 2 bridgehead atoms. The third-order valence-electron chi connectivity index (χ3n) is 5.31. The van der Waals surface area contributed by atoms with Gasteiger partial charge in [0.2, 0.25) is 5.60 Å². The molecule has 0 aromatic heterocycles. The Morgan fingerprint density at radius 2 is 2.04 bits per heavy atom. The van der Waals surface area contributed by atoms with E-state index in [0.29, 0.717) is 5.56 Å². The Labute approximate surface area is 145 Å². The molecule has 134 valence electrons. The highest BCUT2D eigenvalue weighted by molar-refractivity contribution is 7.87. The molecule has 3 aliphatic rings. The molecular weight excluding hydrogens is 348 g/mol. The van der Waals surface area contributed by atoms with Gasteiger partial charge in [-0.15, -0.1) is 0 Å². The Kier molecular flexibility index (Phi) is 3.58. The maximum atomic E-state index is 12.6. The van der Waals surface area contributed by atoms with Crippen LogP contribution in [0, 0.1) is 0 Å². The van der Waals surface area contributed by atoms with E-state index in [-0.39, 0.29) is 25.9 Å². The first-order valence-electron chi connectivity index (χ1n) is 8.23. The second-order valence-electron chi connectivity index (χ2n) is 6.60. The summed E-state index contributed by atoms with van der Waals surface area (Å²) in [5, 5.41) is -1.07. The van der Waals surface area contributed by atoms with E-state index in [4.69, 9.17) is 13.7 Å². The molecule has 0 N–H and O–H groups in total. The van der Waals surface area contributed by atoms with E-state index in [1.807, 2.05) is 6.07 Å². The molecule has 0 unspecified atom stereocenters. The fraction of sp³-hybridized carbons (Fsp3) is 0.529. The normalized spacial score (nSPS) is 38.4. The number of carbonyl (C=O) groups excluding carboxylic acids is 2. The summed E-state index contributed by atoms with van der Waals surface area (Å²) in [5.74, 6) is -1.23. The molecule has 4 atom stereocenters. The van der Waals surface area contributed by atoms with E-state index in [0.717, 1.165) is 0 Å². The summed E-state index contributed by atoms with van der Waals surface area (Å²) in [5.41, 5.74) is -2.45. The lowest BCUT2D eigenvalue weighted by atomic mass is 9.84. The van der Waals surface area contributed by atoms with Crippen LogP contribution in [0.2, 0.25) is 0 Å². The van der Waals surface area contributed by atoms with Crippen molar-refractivity contribution in [3.05, 3.63) is 35.9 Å². The smallest absolute Gasteiger partial charge is 0.346 e. The molecule has 0 aliphatic carbocycles. The number of ether oxygens (including phenoxy) is 2. The van der Waals surface area contributed by atoms with Gasteiger partial charge < -0.3 is 9.47 Å². The zero-order chi connectivity index (χ0) is 17.9. The monoisotopic (exact) mass is 366 g/mol. The highest BCUT2D eigenvalue weighted by Gasteiger charge is 2.76. The van der Waals surface area contributed by atoms with Crippen molar-refractivity contribution in [3.63, 3.8) is 0 Å². The predicted octanol–water partition coefficient (Wildman–Crippen LogP) is 1.28. The summed E-state index contributed by atoms with van der Waals surface area (Å²) in [6.07, 6.45) is -0.891. The first kappa shape index (κ1) is 16.7. The van der Waals surface area contributed by atoms with Crippen molar-refractivity contribution in [1.29, 1.82) is 0 Å². The molecular formula is C17H18O7S. The molecule has 1 aromatic carbocycles. The number of ketones is 1. The molecule has 3 saturated heterocycles. The molecule has 25 heavy (non-hydrogen) atoms. The van der Waals surface area contributed by atoms with Gasteiger partial charge in [-0.1, -0.05) is 30.3 Å². The van der Waals surface area contributed by atoms with Crippen molar-refractivity contribution >= 4 is 21.9 Å². The number of rotatable bonds is 3. The van der Waals surface area contributed by atoms with E-state index >= 15 is 0 Å². The Balaban J connectivity index is 1.84. The van der Waals surface area contributed by atoms with Crippen LogP contribution < -0.4 is 0 Å². The van der Waals surface area contributed by atoms with E-state index in [2.05, 4.69) is 0 Å². The number of carbonyl (C=O) groups is 2. The van der Waals surface area contributed by atoms with Crippen LogP contribution in [0.1, 0.15) is 37.9 Å². The van der Waals surface area contributed by atoms with Gasteiger partial charge in [-0.2, -0.15) is 8.42 Å². The molecule has 0 saturated carbocycles. The van der Waals surface area contributed by atoms with Crippen molar-refractivity contribution in [2.24, 2.45) is 0 Å². The number of hydrogen-bond acceptors (Lipinski definition) is 7. The number of fused-ring (bicyclic) bond motifs is 1. The largest absolute Gasteiger partial charge is 0.464 e. The Bertz CT molecular complexity index is 834. The lowest BCUT2D eigenvalue weighted by Gasteiger charge is -2.39. The van der Waals surface area contributed by atoms with Gasteiger partial charge in [0.1, 0.15) is 17.0 Å². The minimum atomic E-state index is -3.98. The van der Waals surface area contributed by atoms with E-state index in [1.165, 1.54) is 0 Å². The average Bonchev–Trinajstić information content (AvgIpc) is 3.01. The molecule has 1 spiro atoms. The number of hydrogen-bond donors (Lipinski definition) is 0. The van der Waals surface area contributed by atoms with Gasteiger partial charge in [0.15, 0.2) is 5.78 Å². The lowest BCUT2D eigenvalue weighted by molar-refractivity contribution is -0.200. The van der Waals surface area contributed by atoms with Gasteiger partial charge in [-0.3, -0.25) is 8.98 Å². The average molecular weight is 366 g/mol. The van der Waals surface area contributed by atoms with E-state index in [9.17, 15) is 18.0 Å². The highest BCUT2D eigenvalue weighted by Crippen LogP contribution is 2.60. The van der Waals surface area contributed by atoms with Gasteiger partial charge in [-0.25, -0.2) is 4.79 Å². The zero-order valence-corrected chi connectivity index (χ0v) is 14.5. The third kappa shape index (κ3) is 2.14. The summed E-state index contributed by atoms with van der Waals surface area (Å²) < 4.78 is 41.7. The zero-order valence-electron chi connectivity index (χ0n) is 13.6. The molecule has 4 rings (SSSR count). The van der Waals surface area contributed by atoms with Crippen molar-refractivity contribution in [3.8, 4) is 0 Å². The second-order valence-corrected chi connectivity index (χ2v) is 8.35. The van der Waals surface area contributed by atoms with Crippen LogP contribution in [0.5, 0.6) is 0 Å². The number of esters is 1. The van der Waals surface area contributed by atoms with Crippen molar-refractivity contribution < 1.29 is 31.7 Å². The first-order chi connectivity index (χ1) is 11.9. The molecule has 3 fully saturated rings. The van der Waals surface area contributed by atoms with Crippen LogP contribution in [-0.2, 0) is 33.4 Å².